The van der Waals surface area contributed by atoms with Gasteiger partial charge in [0.25, 0.3) is 0 Å². The van der Waals surface area contributed by atoms with E-state index in [1.807, 2.05) is 0 Å². The molecular weight excluding hydrogens is 168 g/mol. The van der Waals surface area contributed by atoms with Crippen LogP contribution in [0.15, 0.2) is 18.2 Å². The van der Waals surface area contributed by atoms with Gasteiger partial charge in [0.1, 0.15) is 0 Å². The molecule has 1 N–H and O–H groups in total. The van der Waals surface area contributed by atoms with Crippen molar-refractivity contribution in [3.8, 4) is 11.5 Å². The number of aromatic hydroxyl groups is 1. The zero-order chi connectivity index (χ0) is 12.3. The molecule has 0 aliphatic heterocycles. The molecule has 70 valence electrons. The van der Waals surface area contributed by atoms with Gasteiger partial charge >= 0.3 is 0 Å². The molecule has 0 aromatic heterocycles. The highest BCUT2D eigenvalue weighted by Gasteiger charge is 2.07. The summed E-state index contributed by atoms with van der Waals surface area (Å²) in [5.74, 6) is -0.654. The molecule has 1 aromatic rings. The lowest BCUT2D eigenvalue weighted by Crippen LogP contribution is -1.96. The quantitative estimate of drug-likeness (QED) is 0.729. The Hall–Kier alpha value is -1.51. The molecule has 0 saturated carbocycles. The molecule has 1 rings (SSSR count). The van der Waals surface area contributed by atoms with Gasteiger partial charge in [-0.1, -0.05) is 6.92 Å². The van der Waals surface area contributed by atoms with Crippen molar-refractivity contribution < 1.29 is 18.8 Å². The van der Waals surface area contributed by atoms with Crippen molar-refractivity contribution in [2.45, 2.75) is 13.3 Å². The molecule has 3 heteroatoms. The number of Topliss-reactive ketones (excluding diaryl/α,β-unsaturated/α-hetero) is 1. The normalized spacial score (nSPS) is 14.1. The third kappa shape index (κ3) is 1.99. The summed E-state index contributed by atoms with van der Waals surface area (Å²) in [4.78, 5) is 11.4. The van der Waals surface area contributed by atoms with Crippen LogP contribution in [0.1, 0.15) is 27.8 Å². The van der Waals surface area contributed by atoms with Crippen molar-refractivity contribution in [2.24, 2.45) is 0 Å². The fourth-order valence-corrected chi connectivity index (χ4v) is 0.973. The molecule has 0 aliphatic rings. The number of methoxy groups -OCH3 is 1. The predicted molar refractivity (Wildman–Crippen MR) is 49.3 cm³/mol. The number of ether oxygens (including phenoxy) is 1. The fraction of sp³-hybridized carbons (Fsp3) is 0.300. The van der Waals surface area contributed by atoms with Gasteiger partial charge in [-0.15, -0.1) is 0 Å². The van der Waals surface area contributed by atoms with Gasteiger partial charge in [0.2, 0.25) is 0 Å². The van der Waals surface area contributed by atoms with E-state index in [1.54, 1.807) is 6.92 Å². The summed E-state index contributed by atoms with van der Waals surface area (Å²) >= 11 is 0. The Labute approximate surface area is 81.2 Å². The van der Waals surface area contributed by atoms with E-state index in [0.29, 0.717) is 12.0 Å². The van der Waals surface area contributed by atoms with Crippen LogP contribution in [0.25, 0.3) is 0 Å². The maximum Gasteiger partial charge on any atom is 0.162 e. The Morgan fingerprint density at radius 2 is 2.46 bits per heavy atom. The molecule has 0 unspecified atom stereocenters. The van der Waals surface area contributed by atoms with Crippen molar-refractivity contribution in [1.82, 2.24) is 0 Å². The van der Waals surface area contributed by atoms with Gasteiger partial charge in [0, 0.05) is 12.0 Å². The molecule has 0 bridgehead atoms. The van der Waals surface area contributed by atoms with Crippen LogP contribution >= 0.6 is 0 Å². The van der Waals surface area contributed by atoms with Gasteiger partial charge in [-0.2, -0.15) is 0 Å². The smallest absolute Gasteiger partial charge is 0.162 e. The van der Waals surface area contributed by atoms with E-state index in [4.69, 9.17) is 4.11 Å². The first-order valence-electron chi connectivity index (χ1n) is 5.38. The summed E-state index contributed by atoms with van der Waals surface area (Å²) in [6.07, 6.45) is 0.304. The summed E-state index contributed by atoms with van der Waals surface area (Å²) < 4.78 is 25.3. The van der Waals surface area contributed by atoms with Gasteiger partial charge in [-0.3, -0.25) is 4.79 Å². The average molecular weight is 183 g/mol. The van der Waals surface area contributed by atoms with Crippen LogP contribution in [0.4, 0.5) is 0 Å². The second kappa shape index (κ2) is 3.94. The molecule has 0 radical (unpaired) electrons. The van der Waals surface area contributed by atoms with Crippen LogP contribution < -0.4 is 4.74 Å². The lowest BCUT2D eigenvalue weighted by atomic mass is 10.1. The zero-order valence-corrected chi connectivity index (χ0v) is 7.20. The first-order valence-corrected chi connectivity index (χ1v) is 3.88. The van der Waals surface area contributed by atoms with Gasteiger partial charge in [0.15, 0.2) is 17.3 Å². The predicted octanol–water partition coefficient (Wildman–Crippen LogP) is 1.99. The molecule has 0 atom stereocenters. The summed E-state index contributed by atoms with van der Waals surface area (Å²) in [5, 5.41) is 9.37. The Morgan fingerprint density at radius 1 is 1.69 bits per heavy atom. The largest absolute Gasteiger partial charge is 0.504 e. The van der Waals surface area contributed by atoms with Gasteiger partial charge in [0.05, 0.1) is 11.2 Å². The standard InChI is InChI=1S/C10H12O3/c1-3-8(11)7-4-5-9(12)10(6-7)13-2/h4-6,12H,3H2,1-2H3/i2D3. The number of carbonyl (C=O) groups excluding carboxylic acids is 1. The molecule has 0 amide bonds. The van der Waals surface area contributed by atoms with E-state index in [-0.39, 0.29) is 17.3 Å². The Morgan fingerprint density at radius 3 is 3.08 bits per heavy atom. The summed E-state index contributed by atoms with van der Waals surface area (Å²) in [6.45, 7) is 1.69. The number of phenolic OH excluding ortho intramolecular Hbond substituents is 1. The molecular formula is C10H12O3. The van der Waals surface area contributed by atoms with E-state index in [0.717, 1.165) is 0 Å². The van der Waals surface area contributed by atoms with Gasteiger partial charge in [-0.25, -0.2) is 0 Å². The second-order valence-electron chi connectivity index (χ2n) is 2.56. The highest BCUT2D eigenvalue weighted by Crippen LogP contribution is 2.26. The van der Waals surface area contributed by atoms with E-state index < -0.39 is 7.04 Å². The maximum atomic E-state index is 11.4. The van der Waals surface area contributed by atoms with Crippen molar-refractivity contribution in [1.29, 1.82) is 0 Å². The Balaban J connectivity index is 3.04. The highest BCUT2D eigenvalue weighted by atomic mass is 16.5. The number of benzene rings is 1. The van der Waals surface area contributed by atoms with Crippen LogP contribution in [0.2, 0.25) is 0 Å². The second-order valence-corrected chi connectivity index (χ2v) is 2.56. The number of ketones is 1. The lowest BCUT2D eigenvalue weighted by Gasteiger charge is -2.04. The minimum atomic E-state index is -2.65. The number of hydrogen-bond acceptors (Lipinski definition) is 3. The highest BCUT2D eigenvalue weighted by molar-refractivity contribution is 5.96. The first-order chi connectivity index (χ1) is 7.33. The van der Waals surface area contributed by atoms with Crippen LogP contribution in [-0.4, -0.2) is 17.9 Å². The topological polar surface area (TPSA) is 46.5 Å². The molecule has 3 nitrogen and oxygen atoms in total. The third-order valence-electron chi connectivity index (χ3n) is 1.71. The SMILES string of the molecule is [2H]C([2H])([2H])Oc1cc(C(=O)CC)ccc1O. The Bertz CT molecular complexity index is 399. The number of carbonyl (C=O) groups is 1. The van der Waals surface area contributed by atoms with Crippen molar-refractivity contribution in [2.75, 3.05) is 7.04 Å². The van der Waals surface area contributed by atoms with Crippen molar-refractivity contribution in [3.05, 3.63) is 23.8 Å². The lowest BCUT2D eigenvalue weighted by molar-refractivity contribution is 0.0988. The molecule has 0 heterocycles. The van der Waals surface area contributed by atoms with E-state index in [9.17, 15) is 9.90 Å². The van der Waals surface area contributed by atoms with E-state index in [1.165, 1.54) is 18.2 Å². The summed E-state index contributed by atoms with van der Waals surface area (Å²) in [6, 6.07) is 3.89. The average Bonchev–Trinajstić information content (AvgIpc) is 2.18. The zero-order valence-electron chi connectivity index (χ0n) is 10.2. The van der Waals surface area contributed by atoms with E-state index in [2.05, 4.69) is 4.74 Å². The molecule has 0 fully saturated rings. The third-order valence-corrected chi connectivity index (χ3v) is 1.71. The minimum absolute atomic E-state index is 0.143. The molecule has 0 saturated heterocycles. The molecule has 0 aliphatic carbocycles. The fourth-order valence-electron chi connectivity index (χ4n) is 0.973. The monoisotopic (exact) mass is 183 g/mol. The number of hydrogen-bond donors (Lipinski definition) is 1. The molecule has 0 spiro atoms. The van der Waals surface area contributed by atoms with Crippen LogP contribution in [-0.2, 0) is 0 Å². The number of phenols is 1. The van der Waals surface area contributed by atoms with Crippen molar-refractivity contribution >= 4 is 5.78 Å². The van der Waals surface area contributed by atoms with Crippen molar-refractivity contribution in [3.63, 3.8) is 0 Å². The Kier molecular flexibility index (Phi) is 1.82. The van der Waals surface area contributed by atoms with Crippen LogP contribution in [0, 0.1) is 0 Å². The summed E-state index contributed by atoms with van der Waals surface area (Å²) in [7, 11) is -2.65. The van der Waals surface area contributed by atoms with Crippen LogP contribution in [0.3, 0.4) is 0 Å². The summed E-state index contributed by atoms with van der Waals surface area (Å²) in [5.41, 5.74) is 0.319. The van der Waals surface area contributed by atoms with Gasteiger partial charge < -0.3 is 9.84 Å². The first kappa shape index (κ1) is 6.02. The van der Waals surface area contributed by atoms with Crippen LogP contribution in [0.5, 0.6) is 11.5 Å². The van der Waals surface area contributed by atoms with Gasteiger partial charge in [-0.05, 0) is 18.2 Å². The maximum absolute atomic E-state index is 11.4. The molecule has 1 aromatic carbocycles. The molecule has 13 heavy (non-hydrogen) atoms. The minimum Gasteiger partial charge on any atom is -0.504 e. The van der Waals surface area contributed by atoms with E-state index >= 15 is 0 Å². The number of rotatable bonds is 3.